The molecule has 10 aromatic rings. The first-order valence-electron chi connectivity index (χ1n) is 23.3. The highest BCUT2D eigenvalue weighted by molar-refractivity contribution is 6.28. The number of hydrogen-bond acceptors (Lipinski definition) is 1. The van der Waals surface area contributed by atoms with Crippen molar-refractivity contribution in [3.05, 3.63) is 169 Å². The van der Waals surface area contributed by atoms with Crippen molar-refractivity contribution < 1.29 is 27.7 Å². The van der Waals surface area contributed by atoms with Crippen LogP contribution in [-0.4, -0.2) is 0 Å². The van der Waals surface area contributed by atoms with Gasteiger partial charge in [-0.25, -0.2) is 0 Å². The van der Waals surface area contributed by atoms with E-state index < -0.39 is 102 Å². The Morgan fingerprint density at radius 2 is 1.04 bits per heavy atom. The molecule has 0 N–H and O–H groups in total. The van der Waals surface area contributed by atoms with Gasteiger partial charge in [0.25, 0.3) is 0 Å². The van der Waals surface area contributed by atoms with Gasteiger partial charge in [-0.1, -0.05) is 151 Å². The van der Waals surface area contributed by atoms with Crippen LogP contribution in [0.1, 0.15) is 23.3 Å². The number of hydrogen-bond donors (Lipinski definition) is 0. The molecule has 1 heterocycles. The van der Waals surface area contributed by atoms with Gasteiger partial charge in [0.2, 0.25) is 0 Å². The lowest BCUT2D eigenvalue weighted by Crippen LogP contribution is -1.91. The van der Waals surface area contributed by atoms with Crippen molar-refractivity contribution >= 4 is 65.0 Å². The van der Waals surface area contributed by atoms with E-state index in [1.54, 1.807) is 54.6 Å². The van der Waals surface area contributed by atoms with Crippen LogP contribution < -0.4 is 0 Å². The fourth-order valence-electron chi connectivity index (χ4n) is 6.67. The van der Waals surface area contributed by atoms with E-state index in [1.165, 1.54) is 0 Å². The van der Waals surface area contributed by atoms with Crippen LogP contribution >= 0.6 is 0 Å². The molecular formula is C46H28O. The molecule has 0 aliphatic carbocycles. The smallest absolute Gasteiger partial charge is 0.143 e. The van der Waals surface area contributed by atoms with E-state index in [9.17, 15) is 4.11 Å². The molecule has 1 nitrogen and oxygen atoms in total. The minimum absolute atomic E-state index is 0.0224. The molecule has 0 unspecified atom stereocenters. The minimum atomic E-state index is -0.698. The summed E-state index contributed by atoms with van der Waals surface area (Å²) in [7, 11) is 0. The molecule has 0 saturated heterocycles. The molecule has 0 amide bonds. The van der Waals surface area contributed by atoms with E-state index in [0.29, 0.717) is 43.6 Å². The summed E-state index contributed by atoms with van der Waals surface area (Å²) in [4.78, 5) is 0. The summed E-state index contributed by atoms with van der Waals surface area (Å²) >= 11 is 0. The highest BCUT2D eigenvalue weighted by Gasteiger charge is 2.22. The summed E-state index contributed by atoms with van der Waals surface area (Å²) < 4.78 is 157. The van der Waals surface area contributed by atoms with Crippen molar-refractivity contribution in [2.75, 3.05) is 0 Å². The highest BCUT2D eigenvalue weighted by atomic mass is 16.3. The van der Waals surface area contributed by atoms with Crippen LogP contribution in [0.4, 0.5) is 0 Å². The first-order valence-corrected chi connectivity index (χ1v) is 14.8. The maximum absolute atomic E-state index is 9.90. The number of benzene rings is 9. The van der Waals surface area contributed by atoms with Gasteiger partial charge in [0.1, 0.15) is 11.2 Å². The molecule has 0 atom stereocenters. The number of furan rings is 1. The first kappa shape index (κ1) is 14.5. The molecule has 0 spiro atoms. The average molecular weight is 614 g/mol. The second kappa shape index (κ2) is 10.2. The Hall–Kier alpha value is -6.18. The summed E-state index contributed by atoms with van der Waals surface area (Å²) in [6.45, 7) is 0. The molecule has 1 aromatic heterocycles. The van der Waals surface area contributed by atoms with E-state index in [-0.39, 0.29) is 55.3 Å². The van der Waals surface area contributed by atoms with Crippen molar-refractivity contribution in [3.8, 4) is 33.4 Å². The Kier molecular flexibility index (Phi) is 3.14. The Bertz CT molecular complexity index is 3730. The lowest BCUT2D eigenvalue weighted by Gasteiger charge is -2.18. The van der Waals surface area contributed by atoms with E-state index in [1.807, 2.05) is 12.1 Å². The molecular weight excluding hydrogens is 569 g/mol. The zero-order chi connectivity index (χ0) is 45.7. The predicted octanol–water partition coefficient (Wildman–Crippen LogP) is 13.2. The van der Waals surface area contributed by atoms with Gasteiger partial charge < -0.3 is 4.42 Å². The van der Waals surface area contributed by atoms with Gasteiger partial charge >= 0.3 is 0 Å². The molecule has 218 valence electrons. The molecule has 0 radical (unpaired) electrons. The van der Waals surface area contributed by atoms with E-state index in [2.05, 4.69) is 0 Å². The van der Waals surface area contributed by atoms with Crippen LogP contribution in [0.5, 0.6) is 0 Å². The number of rotatable bonds is 3. The molecule has 9 aromatic carbocycles. The van der Waals surface area contributed by atoms with E-state index >= 15 is 0 Å². The van der Waals surface area contributed by atoms with Gasteiger partial charge in [0, 0.05) is 16.2 Å². The Balaban J connectivity index is 1.41. The van der Waals surface area contributed by atoms with Gasteiger partial charge in [-0.3, -0.25) is 0 Å². The van der Waals surface area contributed by atoms with Crippen LogP contribution in [-0.2, 0) is 0 Å². The summed E-state index contributed by atoms with van der Waals surface area (Å²) in [5.74, 6) is 0. The predicted molar refractivity (Wildman–Crippen MR) is 200 cm³/mol. The normalized spacial score (nSPS) is 16.9. The van der Waals surface area contributed by atoms with Gasteiger partial charge in [0.15, 0.2) is 0 Å². The van der Waals surface area contributed by atoms with Gasteiger partial charge in [0.05, 0.1) is 23.3 Å². The summed E-state index contributed by atoms with van der Waals surface area (Å²) in [5.41, 5.74) is 0.781. The average Bonchev–Trinajstić information content (AvgIpc) is 3.69. The van der Waals surface area contributed by atoms with Crippen molar-refractivity contribution in [2.24, 2.45) is 0 Å². The lowest BCUT2D eigenvalue weighted by molar-refractivity contribution is 0.673. The van der Waals surface area contributed by atoms with Crippen LogP contribution in [0.25, 0.3) is 98.4 Å². The maximum atomic E-state index is 9.90. The molecule has 47 heavy (non-hydrogen) atoms. The molecule has 0 fully saturated rings. The molecule has 10 rings (SSSR count). The van der Waals surface area contributed by atoms with Gasteiger partial charge in [-0.2, -0.15) is 0 Å². The largest absolute Gasteiger partial charge is 0.455 e. The Morgan fingerprint density at radius 3 is 1.79 bits per heavy atom. The molecule has 0 saturated carbocycles. The summed E-state index contributed by atoms with van der Waals surface area (Å²) in [5, 5.41) is 1.67. The third-order valence-corrected chi connectivity index (χ3v) is 8.58. The maximum Gasteiger partial charge on any atom is 0.143 e. The first-order chi connectivity index (χ1) is 30.4. The van der Waals surface area contributed by atoms with Crippen molar-refractivity contribution in [1.29, 1.82) is 0 Å². The zero-order valence-corrected chi connectivity index (χ0v) is 24.3. The van der Waals surface area contributed by atoms with Crippen molar-refractivity contribution in [1.82, 2.24) is 0 Å². The summed E-state index contributed by atoms with van der Waals surface area (Å²) in [6, 6.07) is 9.73. The van der Waals surface area contributed by atoms with E-state index in [4.69, 9.17) is 23.6 Å². The van der Waals surface area contributed by atoms with Crippen LogP contribution in [0, 0.1) is 0 Å². The third-order valence-electron chi connectivity index (χ3n) is 8.58. The van der Waals surface area contributed by atoms with Crippen LogP contribution in [0.2, 0.25) is 0 Å². The van der Waals surface area contributed by atoms with E-state index in [0.717, 1.165) is 0 Å². The standard InChI is InChI=1S/C46H28O/c1-2-14-30(15-3-1)40-28-41-45-39(23-12-24-42(45)47-46(41)38-22-11-6-17-33(38)40)44-36-20-9-7-18-34(36)43(35-19-8-10-21-37(35)44)32-26-25-29-13-4-5-16-31(29)27-32/h1-28H/i1D,2D,3D,4D,5D,6D,11D,13D,14D,15D,16D,17D,22D,25D,26D,27D,28D. The second-order valence-corrected chi connectivity index (χ2v) is 11.1. The Labute approximate surface area is 295 Å². The van der Waals surface area contributed by atoms with Crippen molar-refractivity contribution in [2.45, 2.75) is 0 Å². The zero-order valence-electron chi connectivity index (χ0n) is 41.3. The molecule has 0 aliphatic heterocycles. The topological polar surface area (TPSA) is 13.1 Å². The molecule has 0 aliphatic rings. The fourth-order valence-corrected chi connectivity index (χ4v) is 6.67. The lowest BCUT2D eigenvalue weighted by atomic mass is 9.84. The van der Waals surface area contributed by atoms with Gasteiger partial charge in [-0.15, -0.1) is 0 Å². The summed E-state index contributed by atoms with van der Waals surface area (Å²) in [6.07, 6.45) is 0. The molecule has 1 heteroatoms. The van der Waals surface area contributed by atoms with Crippen LogP contribution in [0.15, 0.2) is 174 Å². The quantitative estimate of drug-likeness (QED) is 0.181. The third kappa shape index (κ3) is 3.90. The van der Waals surface area contributed by atoms with Crippen LogP contribution in [0.3, 0.4) is 0 Å². The fraction of sp³-hybridized carbons (Fsp3) is 0. The van der Waals surface area contributed by atoms with Crippen molar-refractivity contribution in [3.63, 3.8) is 0 Å². The SMILES string of the molecule is [2H]c1c([2H])c([2H])c(-c2c([2H])c3c(oc4cccc(-c5c6ccccc6c(-c6c([2H])c([2H])c7c([2H])c([2H])c([2H])c([2H])c7c6[2H])c6ccccc56)c43)c3c([2H])c([2H])c([2H])c([2H])c23)c([2H])c1[2H]. The monoisotopic (exact) mass is 613 g/mol. The molecule has 0 bridgehead atoms. The van der Waals surface area contributed by atoms with Gasteiger partial charge in [-0.05, 0) is 89.2 Å². The highest BCUT2D eigenvalue weighted by Crippen LogP contribution is 2.48. The minimum Gasteiger partial charge on any atom is -0.455 e. The second-order valence-electron chi connectivity index (χ2n) is 11.1. The number of fused-ring (bicyclic) bond motifs is 8. The Morgan fingerprint density at radius 1 is 0.404 bits per heavy atom.